The van der Waals surface area contributed by atoms with E-state index in [9.17, 15) is 24.4 Å². The van der Waals surface area contributed by atoms with Crippen molar-refractivity contribution < 1.29 is 42.9 Å². The molecule has 18 heteroatoms. The number of piperidine rings is 1. The molecule has 2 N–H and O–H groups in total. The van der Waals surface area contributed by atoms with Gasteiger partial charge in [0.15, 0.2) is 11.5 Å². The zero-order chi connectivity index (χ0) is 45.2. The lowest BCUT2D eigenvalue weighted by molar-refractivity contribution is -0.137. The van der Waals surface area contributed by atoms with Crippen molar-refractivity contribution in [1.29, 1.82) is 5.26 Å². The number of nitrogens with zero attached hydrogens (tertiary/aromatic N) is 5. The van der Waals surface area contributed by atoms with E-state index in [-0.39, 0.29) is 24.1 Å². The molecular weight excluding hydrogens is 865 g/mol. The summed E-state index contributed by atoms with van der Waals surface area (Å²) in [6.45, 7) is 6.07. The first-order valence-corrected chi connectivity index (χ1v) is 22.1. The molecule has 2 fully saturated rings. The van der Waals surface area contributed by atoms with Gasteiger partial charge in [0, 0.05) is 81.6 Å². The SMILES string of the molecule is COc1cc(Nc2c(C#N)cnc3cc(OCCCN4CCN(C(=O)CCOCCOCCCc5cccc6c5CN(C5CCC(=O)NC5=O)C6=O)CC4)c(OC)cc23)c(Cl)cc1Cl. The van der Waals surface area contributed by atoms with Gasteiger partial charge in [0.1, 0.15) is 17.9 Å². The largest absolute Gasteiger partial charge is 0.495 e. The van der Waals surface area contributed by atoms with Gasteiger partial charge in [0.2, 0.25) is 17.7 Å². The molecule has 3 aromatic carbocycles. The van der Waals surface area contributed by atoms with Gasteiger partial charge in [-0.1, -0.05) is 35.3 Å². The van der Waals surface area contributed by atoms with E-state index in [2.05, 4.69) is 26.6 Å². The van der Waals surface area contributed by atoms with E-state index in [4.69, 9.17) is 46.9 Å². The standard InChI is InChI=1S/C46H51Cl2N7O9/c1-60-39-25-37(34(47)23-35(39)48)51-44-30(26-49)27-50-36-24-41(40(61-2)22-32(36)44)64-18-5-12-53-13-15-54(16-14-53)43(57)11-19-63-21-20-62-17-4-7-29-6-3-8-31-33(29)28-55(46(31)59)38-9-10-42(56)52-45(38)58/h3,6,8,22-25,27,38H,4-5,7,9-21,28H2,1-2H3,(H,50,51)(H,52,56,58). The number of benzene rings is 3. The summed E-state index contributed by atoms with van der Waals surface area (Å²) >= 11 is 12.7. The monoisotopic (exact) mass is 915 g/mol. The van der Waals surface area contributed by atoms with Crippen molar-refractivity contribution in [3.8, 4) is 23.3 Å². The van der Waals surface area contributed by atoms with Crippen LogP contribution in [0.5, 0.6) is 17.2 Å². The first-order chi connectivity index (χ1) is 31.1. The molecule has 1 unspecified atom stereocenters. The fraction of sp³-hybridized carbons (Fsp3) is 0.435. The summed E-state index contributed by atoms with van der Waals surface area (Å²) in [4.78, 5) is 60.3. The van der Waals surface area contributed by atoms with Crippen LogP contribution in [0.1, 0.15) is 59.2 Å². The number of nitrogens with one attached hydrogen (secondary N) is 2. The molecule has 0 bridgehead atoms. The molecule has 7 rings (SSSR count). The summed E-state index contributed by atoms with van der Waals surface area (Å²) in [5.74, 6) is 0.623. The number of halogens is 2. The highest BCUT2D eigenvalue weighted by Crippen LogP contribution is 2.40. The highest BCUT2D eigenvalue weighted by Gasteiger charge is 2.39. The van der Waals surface area contributed by atoms with Gasteiger partial charge in [-0.25, -0.2) is 0 Å². The van der Waals surface area contributed by atoms with Crippen LogP contribution in [0, 0.1) is 11.3 Å². The van der Waals surface area contributed by atoms with Crippen molar-refractivity contribution >= 4 is 69.1 Å². The molecule has 0 saturated carbocycles. The van der Waals surface area contributed by atoms with E-state index in [0.717, 1.165) is 50.0 Å². The Kier molecular flexibility index (Phi) is 15.8. The summed E-state index contributed by atoms with van der Waals surface area (Å²) in [5.41, 5.74) is 4.51. The molecule has 3 aliphatic heterocycles. The topological polar surface area (TPSA) is 185 Å². The number of fused-ring (bicyclic) bond motifs is 2. The number of carbonyl (C=O) groups is 4. The third kappa shape index (κ3) is 11.0. The lowest BCUT2D eigenvalue weighted by Gasteiger charge is -2.34. The fourth-order valence-electron chi connectivity index (χ4n) is 8.19. The zero-order valence-corrected chi connectivity index (χ0v) is 37.4. The number of carbonyl (C=O) groups excluding carboxylic acids is 4. The molecule has 64 heavy (non-hydrogen) atoms. The maximum absolute atomic E-state index is 13.1. The Morgan fingerprint density at radius 1 is 0.922 bits per heavy atom. The van der Waals surface area contributed by atoms with Crippen LogP contribution in [0.3, 0.4) is 0 Å². The summed E-state index contributed by atoms with van der Waals surface area (Å²) in [5, 5.41) is 16.8. The number of methoxy groups -OCH3 is 2. The van der Waals surface area contributed by atoms with Crippen LogP contribution >= 0.6 is 23.2 Å². The first kappa shape index (κ1) is 46.3. The molecular formula is C46H51Cl2N7O9. The van der Waals surface area contributed by atoms with Gasteiger partial charge >= 0.3 is 0 Å². The van der Waals surface area contributed by atoms with E-state index in [0.29, 0.717) is 126 Å². The maximum atomic E-state index is 13.1. The number of amides is 4. The van der Waals surface area contributed by atoms with Crippen LogP contribution in [-0.4, -0.2) is 129 Å². The number of aryl methyl sites for hydroxylation is 1. The van der Waals surface area contributed by atoms with Crippen LogP contribution in [-0.2, 0) is 36.8 Å². The number of hydrogen-bond acceptors (Lipinski definition) is 13. The highest BCUT2D eigenvalue weighted by molar-refractivity contribution is 6.37. The molecule has 4 amide bonds. The van der Waals surface area contributed by atoms with Gasteiger partial charge in [-0.2, -0.15) is 5.26 Å². The Morgan fingerprint density at radius 3 is 2.45 bits per heavy atom. The predicted octanol–water partition coefficient (Wildman–Crippen LogP) is 5.90. The van der Waals surface area contributed by atoms with E-state index in [1.807, 2.05) is 17.0 Å². The predicted molar refractivity (Wildman–Crippen MR) is 240 cm³/mol. The van der Waals surface area contributed by atoms with Gasteiger partial charge in [-0.15, -0.1) is 0 Å². The lowest BCUT2D eigenvalue weighted by atomic mass is 10.00. The van der Waals surface area contributed by atoms with E-state index in [1.54, 1.807) is 42.3 Å². The second-order valence-electron chi connectivity index (χ2n) is 15.6. The molecule has 1 atom stereocenters. The maximum Gasteiger partial charge on any atom is 0.255 e. The second kappa shape index (κ2) is 21.8. The van der Waals surface area contributed by atoms with Crippen LogP contribution in [0.15, 0.2) is 48.7 Å². The number of ether oxygens (including phenoxy) is 5. The van der Waals surface area contributed by atoms with Crippen LogP contribution in [0.25, 0.3) is 10.9 Å². The molecule has 4 aromatic rings. The Hall–Kier alpha value is -5.70. The molecule has 1 aromatic heterocycles. The van der Waals surface area contributed by atoms with Gasteiger partial charge in [-0.05, 0) is 55.0 Å². The minimum absolute atomic E-state index is 0.0715. The fourth-order valence-corrected chi connectivity index (χ4v) is 8.69. The highest BCUT2D eigenvalue weighted by atomic mass is 35.5. The molecule has 4 heterocycles. The van der Waals surface area contributed by atoms with E-state index in [1.165, 1.54) is 13.3 Å². The summed E-state index contributed by atoms with van der Waals surface area (Å²) < 4.78 is 28.7. The number of nitriles is 1. The number of aromatic nitrogens is 1. The number of hydrogen-bond donors (Lipinski definition) is 2. The Labute approximate surface area is 381 Å². The van der Waals surface area contributed by atoms with Crippen LogP contribution in [0.4, 0.5) is 11.4 Å². The van der Waals surface area contributed by atoms with Crippen molar-refractivity contribution in [2.45, 2.75) is 51.1 Å². The van der Waals surface area contributed by atoms with E-state index < -0.39 is 11.9 Å². The third-order valence-electron chi connectivity index (χ3n) is 11.6. The molecule has 3 aliphatic rings. The number of imide groups is 1. The van der Waals surface area contributed by atoms with Gasteiger partial charge < -0.3 is 38.8 Å². The van der Waals surface area contributed by atoms with Gasteiger partial charge in [0.25, 0.3) is 5.91 Å². The van der Waals surface area contributed by atoms with Crippen molar-refractivity contribution in [1.82, 2.24) is 25.0 Å². The Morgan fingerprint density at radius 2 is 1.70 bits per heavy atom. The number of anilines is 2. The summed E-state index contributed by atoms with van der Waals surface area (Å²) in [6.07, 6.45) is 4.59. The number of pyridine rings is 1. The summed E-state index contributed by atoms with van der Waals surface area (Å²) in [6, 6.07) is 14.0. The normalized spacial score (nSPS) is 16.4. The third-order valence-corrected chi connectivity index (χ3v) is 12.2. The Balaban J connectivity index is 0.768. The van der Waals surface area contributed by atoms with Crippen molar-refractivity contribution in [3.05, 3.63) is 81.0 Å². The minimum atomic E-state index is -0.635. The minimum Gasteiger partial charge on any atom is -0.495 e. The second-order valence-corrected chi connectivity index (χ2v) is 16.4. The van der Waals surface area contributed by atoms with E-state index >= 15 is 0 Å². The quantitative estimate of drug-likeness (QED) is 0.0790. The number of rotatable bonds is 20. The smallest absolute Gasteiger partial charge is 0.255 e. The zero-order valence-electron chi connectivity index (χ0n) is 35.9. The number of piperazine rings is 1. The molecule has 2 saturated heterocycles. The van der Waals surface area contributed by atoms with Crippen molar-refractivity contribution in [3.63, 3.8) is 0 Å². The Bertz CT molecular complexity index is 2420. The average molecular weight is 917 g/mol. The van der Waals surface area contributed by atoms with Crippen molar-refractivity contribution in [2.75, 3.05) is 85.3 Å². The molecule has 0 radical (unpaired) electrons. The van der Waals surface area contributed by atoms with Crippen LogP contribution in [0.2, 0.25) is 10.0 Å². The van der Waals surface area contributed by atoms with Crippen LogP contribution < -0.4 is 24.8 Å². The molecule has 338 valence electrons. The lowest BCUT2D eigenvalue weighted by Crippen LogP contribution is -2.52. The average Bonchev–Trinajstić information content (AvgIpc) is 3.63. The van der Waals surface area contributed by atoms with Gasteiger partial charge in [-0.3, -0.25) is 34.4 Å². The molecule has 16 nitrogen and oxygen atoms in total. The molecule has 0 aliphatic carbocycles. The summed E-state index contributed by atoms with van der Waals surface area (Å²) in [7, 11) is 3.07. The van der Waals surface area contributed by atoms with Crippen molar-refractivity contribution in [2.24, 2.45) is 0 Å². The van der Waals surface area contributed by atoms with Gasteiger partial charge in [0.05, 0.1) is 79.6 Å². The molecule has 0 spiro atoms. The first-order valence-electron chi connectivity index (χ1n) is 21.3.